The van der Waals surface area contributed by atoms with E-state index in [1.54, 1.807) is 13.0 Å². The number of hydrogen-bond donors (Lipinski definition) is 0. The summed E-state index contributed by atoms with van der Waals surface area (Å²) in [6, 6.07) is 12.5. The van der Waals surface area contributed by atoms with Crippen molar-refractivity contribution in [1.82, 2.24) is 0 Å². The van der Waals surface area contributed by atoms with Crippen molar-refractivity contribution in [1.29, 1.82) is 0 Å². The first-order valence-electron chi connectivity index (χ1n) is 8.53. The van der Waals surface area contributed by atoms with E-state index in [0.29, 0.717) is 5.57 Å². The number of benzene rings is 2. The highest BCUT2D eigenvalue weighted by Crippen LogP contribution is 2.51. The molecule has 2 heteroatoms. The first-order chi connectivity index (χ1) is 12.1. The Morgan fingerprint density at radius 1 is 1.20 bits per heavy atom. The van der Waals surface area contributed by atoms with Crippen molar-refractivity contribution in [3.63, 3.8) is 0 Å². The lowest BCUT2D eigenvalue weighted by Crippen LogP contribution is -2.30. The maximum absolute atomic E-state index is 12.4. The molecule has 0 heterocycles. The number of esters is 1. The van der Waals surface area contributed by atoms with Gasteiger partial charge in [0.25, 0.3) is 0 Å². The Kier molecular flexibility index (Phi) is 3.50. The molecule has 0 aliphatic heterocycles. The molecule has 2 aliphatic carbocycles. The Bertz CT molecular complexity index is 949. The summed E-state index contributed by atoms with van der Waals surface area (Å²) >= 11 is 0. The summed E-state index contributed by atoms with van der Waals surface area (Å²) in [5.74, 6) is -0.403. The zero-order valence-corrected chi connectivity index (χ0v) is 14.3. The van der Waals surface area contributed by atoms with Crippen LogP contribution in [0, 0.1) is 0 Å². The van der Waals surface area contributed by atoms with Gasteiger partial charge in [0.1, 0.15) is 0 Å². The molecule has 0 bridgehead atoms. The number of carbonyl (C=O) groups excluding carboxylic acids is 1. The molecule has 2 aromatic carbocycles. The quantitative estimate of drug-likeness (QED) is 0.441. The maximum atomic E-state index is 12.4. The Labute approximate surface area is 148 Å². The molecule has 0 N–H and O–H groups in total. The van der Waals surface area contributed by atoms with Crippen molar-refractivity contribution in [3.05, 3.63) is 89.5 Å². The second-order valence-corrected chi connectivity index (χ2v) is 6.69. The lowest BCUT2D eigenvalue weighted by atomic mass is 9.87. The minimum atomic E-state index is -0.960. The molecule has 0 amide bonds. The number of rotatable bonds is 3. The molecule has 0 aromatic heterocycles. The SMILES string of the molecule is C=CC1(OC(=O)C(=C)C)c2ccccc2-c2cc3c(cc21)CCC=C3. The number of ether oxygens (including phenoxy) is 1. The van der Waals surface area contributed by atoms with Crippen molar-refractivity contribution in [3.8, 4) is 11.1 Å². The molecule has 2 aliphatic rings. The first-order valence-corrected chi connectivity index (χ1v) is 8.53. The summed E-state index contributed by atoms with van der Waals surface area (Å²) in [5.41, 5.74) is 6.10. The van der Waals surface area contributed by atoms with Crippen LogP contribution in [-0.4, -0.2) is 5.97 Å². The zero-order chi connectivity index (χ0) is 17.6. The van der Waals surface area contributed by atoms with Gasteiger partial charge in [-0.05, 0) is 60.2 Å². The highest BCUT2D eigenvalue weighted by atomic mass is 16.6. The van der Waals surface area contributed by atoms with Crippen LogP contribution in [0.25, 0.3) is 17.2 Å². The molecule has 1 unspecified atom stereocenters. The van der Waals surface area contributed by atoms with Gasteiger partial charge in [-0.25, -0.2) is 4.79 Å². The van der Waals surface area contributed by atoms with E-state index < -0.39 is 11.6 Å². The van der Waals surface area contributed by atoms with Crippen LogP contribution in [0.3, 0.4) is 0 Å². The number of aryl methyl sites for hydroxylation is 1. The van der Waals surface area contributed by atoms with E-state index in [9.17, 15) is 4.79 Å². The van der Waals surface area contributed by atoms with Gasteiger partial charge in [0.15, 0.2) is 5.60 Å². The van der Waals surface area contributed by atoms with Crippen molar-refractivity contribution in [2.45, 2.75) is 25.4 Å². The van der Waals surface area contributed by atoms with Crippen LogP contribution in [-0.2, 0) is 21.6 Å². The van der Waals surface area contributed by atoms with Crippen molar-refractivity contribution < 1.29 is 9.53 Å². The van der Waals surface area contributed by atoms with Gasteiger partial charge in [-0.3, -0.25) is 0 Å². The van der Waals surface area contributed by atoms with Crippen LogP contribution >= 0.6 is 0 Å². The van der Waals surface area contributed by atoms with Gasteiger partial charge < -0.3 is 4.74 Å². The average Bonchev–Trinajstić information content (AvgIpc) is 2.90. The second-order valence-electron chi connectivity index (χ2n) is 6.69. The molecule has 0 saturated carbocycles. The fourth-order valence-corrected chi connectivity index (χ4v) is 3.80. The predicted molar refractivity (Wildman–Crippen MR) is 101 cm³/mol. The summed E-state index contributed by atoms with van der Waals surface area (Å²) in [4.78, 5) is 12.4. The number of allylic oxidation sites excluding steroid dienone is 1. The fourth-order valence-electron chi connectivity index (χ4n) is 3.80. The fraction of sp³-hybridized carbons (Fsp3) is 0.174. The largest absolute Gasteiger partial charge is 0.441 e. The van der Waals surface area contributed by atoms with Crippen LogP contribution in [0.1, 0.15) is 35.6 Å². The van der Waals surface area contributed by atoms with Crippen LogP contribution < -0.4 is 0 Å². The predicted octanol–water partition coefficient (Wildman–Crippen LogP) is 5.18. The molecule has 2 aromatic rings. The molecule has 0 radical (unpaired) electrons. The molecule has 2 nitrogen and oxygen atoms in total. The Balaban J connectivity index is 2.00. The first kappa shape index (κ1) is 15.6. The van der Waals surface area contributed by atoms with Crippen LogP contribution in [0.2, 0.25) is 0 Å². The van der Waals surface area contributed by atoms with Crippen LogP contribution in [0.4, 0.5) is 0 Å². The molecule has 4 rings (SSSR count). The van der Waals surface area contributed by atoms with E-state index in [0.717, 1.165) is 35.1 Å². The van der Waals surface area contributed by atoms with Crippen molar-refractivity contribution >= 4 is 12.0 Å². The molecule has 25 heavy (non-hydrogen) atoms. The van der Waals surface area contributed by atoms with Gasteiger partial charge in [0.2, 0.25) is 0 Å². The van der Waals surface area contributed by atoms with Gasteiger partial charge in [-0.15, -0.1) is 0 Å². The van der Waals surface area contributed by atoms with E-state index in [4.69, 9.17) is 4.74 Å². The Morgan fingerprint density at radius 3 is 2.76 bits per heavy atom. The van der Waals surface area contributed by atoms with E-state index in [-0.39, 0.29) is 0 Å². The summed E-state index contributed by atoms with van der Waals surface area (Å²) < 4.78 is 5.98. The monoisotopic (exact) mass is 328 g/mol. The maximum Gasteiger partial charge on any atom is 0.334 e. The highest BCUT2D eigenvalue weighted by molar-refractivity contribution is 5.90. The van der Waals surface area contributed by atoms with E-state index >= 15 is 0 Å². The van der Waals surface area contributed by atoms with Gasteiger partial charge in [0, 0.05) is 16.7 Å². The highest BCUT2D eigenvalue weighted by Gasteiger charge is 2.45. The number of carbonyl (C=O) groups is 1. The third-order valence-corrected chi connectivity index (χ3v) is 5.06. The van der Waals surface area contributed by atoms with Crippen LogP contribution in [0.5, 0.6) is 0 Å². The summed E-state index contributed by atoms with van der Waals surface area (Å²) in [5, 5.41) is 0. The minimum absolute atomic E-state index is 0.382. The molecule has 0 saturated heterocycles. The normalized spacial score (nSPS) is 19.6. The molecular formula is C23H20O2. The molecule has 124 valence electrons. The molecular weight excluding hydrogens is 308 g/mol. The average molecular weight is 328 g/mol. The smallest absolute Gasteiger partial charge is 0.334 e. The standard InChI is InChI=1S/C23H20O2/c1-4-23(25-22(24)15(2)3)20-12-8-7-11-18(20)19-13-16-9-5-6-10-17(16)14-21(19)23/h4-5,7-9,11-14H,1-2,6,10H2,3H3. The summed E-state index contributed by atoms with van der Waals surface area (Å²) in [7, 11) is 0. The third-order valence-electron chi connectivity index (χ3n) is 5.06. The van der Waals surface area contributed by atoms with Crippen LogP contribution in [0.15, 0.2) is 67.3 Å². The third kappa shape index (κ3) is 2.21. The van der Waals surface area contributed by atoms with E-state index in [1.165, 1.54) is 11.1 Å². The lowest BCUT2D eigenvalue weighted by Gasteiger charge is -2.29. The van der Waals surface area contributed by atoms with Gasteiger partial charge in [-0.1, -0.05) is 49.6 Å². The topological polar surface area (TPSA) is 26.3 Å². The molecule has 0 spiro atoms. The van der Waals surface area contributed by atoms with E-state index in [1.807, 2.05) is 18.2 Å². The molecule has 1 atom stereocenters. The summed E-state index contributed by atoms with van der Waals surface area (Å²) in [6.07, 6.45) is 8.15. The van der Waals surface area contributed by atoms with Gasteiger partial charge >= 0.3 is 5.97 Å². The van der Waals surface area contributed by atoms with Crippen molar-refractivity contribution in [2.24, 2.45) is 0 Å². The Morgan fingerprint density at radius 2 is 2.00 bits per heavy atom. The minimum Gasteiger partial charge on any atom is -0.441 e. The van der Waals surface area contributed by atoms with Crippen molar-refractivity contribution in [2.75, 3.05) is 0 Å². The zero-order valence-electron chi connectivity index (χ0n) is 14.3. The number of hydrogen-bond acceptors (Lipinski definition) is 2. The second kappa shape index (κ2) is 5.59. The summed E-state index contributed by atoms with van der Waals surface area (Å²) in [6.45, 7) is 9.41. The van der Waals surface area contributed by atoms with Gasteiger partial charge in [-0.2, -0.15) is 0 Å². The van der Waals surface area contributed by atoms with E-state index in [2.05, 4.69) is 43.5 Å². The number of fused-ring (bicyclic) bond motifs is 4. The lowest BCUT2D eigenvalue weighted by molar-refractivity contribution is -0.147. The Hall–Kier alpha value is -2.87. The molecule has 0 fully saturated rings. The van der Waals surface area contributed by atoms with Gasteiger partial charge in [0.05, 0.1) is 0 Å².